The molecule has 2 saturated heterocycles. The lowest BCUT2D eigenvalue weighted by atomic mass is 9.75. The highest BCUT2D eigenvalue weighted by Crippen LogP contribution is 2.41. The van der Waals surface area contributed by atoms with Crippen LogP contribution in [-0.4, -0.2) is 55.8 Å². The van der Waals surface area contributed by atoms with Gasteiger partial charge in [-0.25, -0.2) is 0 Å². The van der Waals surface area contributed by atoms with Gasteiger partial charge in [0.15, 0.2) is 0 Å². The minimum absolute atomic E-state index is 0.0905. The van der Waals surface area contributed by atoms with Crippen LogP contribution >= 0.6 is 0 Å². The number of ether oxygens (including phenoxy) is 2. The number of carbonyl (C=O) groups excluding carboxylic acids is 1. The maximum Gasteiger partial charge on any atom is 0.230 e. The molecule has 1 aromatic carbocycles. The molecule has 5 heteroatoms. The molecule has 1 amide bonds. The van der Waals surface area contributed by atoms with E-state index in [-0.39, 0.29) is 17.4 Å². The van der Waals surface area contributed by atoms with Crippen molar-refractivity contribution in [3.8, 4) is 0 Å². The highest BCUT2D eigenvalue weighted by atomic mass is 16.5. The van der Waals surface area contributed by atoms with Gasteiger partial charge < -0.3 is 14.8 Å². The number of likely N-dealkylation sites (tertiary alicyclic amines) is 1. The number of benzene rings is 1. The first-order valence-electron chi connectivity index (χ1n) is 9.53. The molecular weight excluding hydrogens is 316 g/mol. The molecule has 1 N–H and O–H groups in total. The second-order valence-corrected chi connectivity index (χ2v) is 7.62. The van der Waals surface area contributed by atoms with Crippen LogP contribution in [0.3, 0.4) is 0 Å². The summed E-state index contributed by atoms with van der Waals surface area (Å²) in [6.07, 6.45) is 4.14. The molecule has 25 heavy (non-hydrogen) atoms. The van der Waals surface area contributed by atoms with E-state index >= 15 is 0 Å². The van der Waals surface area contributed by atoms with Crippen LogP contribution in [0.5, 0.6) is 0 Å². The monoisotopic (exact) mass is 344 g/mol. The van der Waals surface area contributed by atoms with Crippen molar-refractivity contribution in [3.63, 3.8) is 0 Å². The average Bonchev–Trinajstić information content (AvgIpc) is 3.34. The third-order valence-electron chi connectivity index (χ3n) is 5.72. The second kappa shape index (κ2) is 7.44. The maximum absolute atomic E-state index is 12.9. The number of nitrogens with one attached hydrogen (secondary N) is 1. The highest BCUT2D eigenvalue weighted by Gasteiger charge is 2.53. The Labute approximate surface area is 149 Å². The van der Waals surface area contributed by atoms with Crippen LogP contribution in [0, 0.1) is 5.41 Å². The summed E-state index contributed by atoms with van der Waals surface area (Å²) < 4.78 is 11.7. The largest absolute Gasteiger partial charge is 0.377 e. The fraction of sp³-hybridized carbons (Fsp3) is 0.650. The third kappa shape index (κ3) is 3.89. The summed E-state index contributed by atoms with van der Waals surface area (Å²) in [5, 5.41) is 3.22. The van der Waals surface area contributed by atoms with E-state index in [2.05, 4.69) is 22.3 Å². The predicted octanol–water partition coefficient (Wildman–Crippen LogP) is 1.96. The Hall–Kier alpha value is -1.43. The summed E-state index contributed by atoms with van der Waals surface area (Å²) in [6.45, 7) is 4.70. The summed E-state index contributed by atoms with van der Waals surface area (Å²) >= 11 is 0. The van der Waals surface area contributed by atoms with Gasteiger partial charge in [-0.2, -0.15) is 0 Å². The number of rotatable bonds is 7. The lowest BCUT2D eigenvalue weighted by molar-refractivity contribution is -0.139. The molecule has 2 aliphatic heterocycles. The minimum atomic E-state index is -0.347. The number of piperidine rings is 1. The highest BCUT2D eigenvalue weighted by molar-refractivity contribution is 5.84. The Morgan fingerprint density at radius 1 is 1.28 bits per heavy atom. The molecule has 2 heterocycles. The molecule has 1 saturated carbocycles. The van der Waals surface area contributed by atoms with Crippen LogP contribution in [0.15, 0.2) is 30.3 Å². The van der Waals surface area contributed by atoms with Crippen LogP contribution in [-0.2, 0) is 20.9 Å². The van der Waals surface area contributed by atoms with Gasteiger partial charge in [-0.1, -0.05) is 30.3 Å². The van der Waals surface area contributed by atoms with Gasteiger partial charge in [-0.15, -0.1) is 0 Å². The third-order valence-corrected chi connectivity index (χ3v) is 5.72. The van der Waals surface area contributed by atoms with Crippen molar-refractivity contribution in [2.24, 2.45) is 5.41 Å². The Morgan fingerprint density at radius 3 is 2.92 bits per heavy atom. The number of hydrogen-bond donors (Lipinski definition) is 1. The van der Waals surface area contributed by atoms with E-state index in [1.807, 2.05) is 18.2 Å². The van der Waals surface area contributed by atoms with Crippen LogP contribution in [0.2, 0.25) is 0 Å². The molecule has 4 rings (SSSR count). The molecule has 2 atom stereocenters. The number of hydrogen-bond acceptors (Lipinski definition) is 4. The summed E-state index contributed by atoms with van der Waals surface area (Å²) in [7, 11) is 0. The van der Waals surface area contributed by atoms with Crippen molar-refractivity contribution in [1.29, 1.82) is 0 Å². The Balaban J connectivity index is 1.28. The number of fused-ring (bicyclic) bond motifs is 1. The van der Waals surface area contributed by atoms with Gasteiger partial charge >= 0.3 is 0 Å². The Bertz CT molecular complexity index is 590. The van der Waals surface area contributed by atoms with Crippen LogP contribution in [0.1, 0.15) is 31.2 Å². The molecule has 136 valence electrons. The number of nitrogens with zero attached hydrogens (tertiary/aromatic N) is 1. The molecule has 0 unspecified atom stereocenters. The molecule has 1 aliphatic carbocycles. The molecule has 0 aromatic heterocycles. The first-order valence-corrected chi connectivity index (χ1v) is 9.53. The van der Waals surface area contributed by atoms with Crippen molar-refractivity contribution >= 4 is 5.91 Å². The first-order chi connectivity index (χ1) is 12.3. The lowest BCUT2D eigenvalue weighted by Crippen LogP contribution is -2.57. The van der Waals surface area contributed by atoms with Gasteiger partial charge in [0.05, 0.1) is 24.7 Å². The van der Waals surface area contributed by atoms with E-state index in [0.717, 1.165) is 45.3 Å². The fourth-order valence-electron chi connectivity index (χ4n) is 4.06. The summed E-state index contributed by atoms with van der Waals surface area (Å²) in [4.78, 5) is 15.2. The van der Waals surface area contributed by atoms with Crippen LogP contribution in [0.25, 0.3) is 0 Å². The van der Waals surface area contributed by atoms with Crippen molar-refractivity contribution in [3.05, 3.63) is 35.9 Å². The zero-order valence-electron chi connectivity index (χ0n) is 14.8. The van der Waals surface area contributed by atoms with E-state index in [0.29, 0.717) is 25.9 Å². The smallest absolute Gasteiger partial charge is 0.230 e. The molecule has 0 spiro atoms. The predicted molar refractivity (Wildman–Crippen MR) is 95.1 cm³/mol. The summed E-state index contributed by atoms with van der Waals surface area (Å²) in [5.74, 6) is 0.215. The van der Waals surface area contributed by atoms with Crippen LogP contribution in [0.4, 0.5) is 0 Å². The van der Waals surface area contributed by atoms with Gasteiger partial charge in [0.2, 0.25) is 5.91 Å². The SMILES string of the molecule is O=C(NC1CC1)[C@]12CCO[C@H]1CCN(CCOCc1ccccc1)C2. The van der Waals surface area contributed by atoms with E-state index in [9.17, 15) is 4.79 Å². The van der Waals surface area contributed by atoms with Crippen molar-refractivity contribution in [1.82, 2.24) is 10.2 Å². The fourth-order valence-corrected chi connectivity index (χ4v) is 4.06. The van der Waals surface area contributed by atoms with Gasteiger partial charge in [-0.05, 0) is 31.2 Å². The first kappa shape index (κ1) is 17.0. The quantitative estimate of drug-likeness (QED) is 0.769. The molecule has 5 nitrogen and oxygen atoms in total. The van der Waals surface area contributed by atoms with Crippen molar-refractivity contribution < 1.29 is 14.3 Å². The van der Waals surface area contributed by atoms with Gasteiger partial charge in [0, 0.05) is 32.3 Å². The summed E-state index contributed by atoms with van der Waals surface area (Å²) in [5.41, 5.74) is 0.853. The molecule has 0 radical (unpaired) electrons. The van der Waals surface area contributed by atoms with Crippen molar-refractivity contribution in [2.45, 2.75) is 44.4 Å². The van der Waals surface area contributed by atoms with Gasteiger partial charge in [0.1, 0.15) is 0 Å². The number of carbonyl (C=O) groups is 1. The Morgan fingerprint density at radius 2 is 2.12 bits per heavy atom. The molecule has 1 aromatic rings. The van der Waals surface area contributed by atoms with Gasteiger partial charge in [0.25, 0.3) is 0 Å². The van der Waals surface area contributed by atoms with E-state index in [1.54, 1.807) is 0 Å². The van der Waals surface area contributed by atoms with E-state index < -0.39 is 0 Å². The van der Waals surface area contributed by atoms with Gasteiger partial charge in [-0.3, -0.25) is 9.69 Å². The average molecular weight is 344 g/mol. The molecular formula is C20H28N2O3. The van der Waals surface area contributed by atoms with Crippen molar-refractivity contribution in [2.75, 3.05) is 32.8 Å². The normalized spacial score (nSPS) is 29.4. The zero-order valence-corrected chi connectivity index (χ0v) is 14.8. The minimum Gasteiger partial charge on any atom is -0.377 e. The topological polar surface area (TPSA) is 50.8 Å². The number of amides is 1. The van der Waals surface area contributed by atoms with E-state index in [1.165, 1.54) is 5.56 Å². The summed E-state index contributed by atoms with van der Waals surface area (Å²) in [6, 6.07) is 10.7. The molecule has 3 aliphatic rings. The second-order valence-electron chi connectivity index (χ2n) is 7.62. The molecule has 0 bridgehead atoms. The molecule has 3 fully saturated rings. The Kier molecular flexibility index (Phi) is 5.06. The van der Waals surface area contributed by atoms with Crippen LogP contribution < -0.4 is 5.32 Å². The zero-order chi connectivity index (χ0) is 17.1. The maximum atomic E-state index is 12.9. The van der Waals surface area contributed by atoms with E-state index in [4.69, 9.17) is 9.47 Å². The standard InChI is InChI=1S/C20H28N2O3/c23-19(21-17-6-7-17)20-9-12-25-18(20)8-10-22(15-20)11-13-24-14-16-4-2-1-3-5-16/h1-5,17-18H,6-15H2,(H,21,23)/t18-,20-/m0/s1. The lowest BCUT2D eigenvalue weighted by Gasteiger charge is -2.42.